The first-order valence-corrected chi connectivity index (χ1v) is 5.23. The van der Waals surface area contributed by atoms with Crippen molar-refractivity contribution in [1.82, 2.24) is 0 Å². The summed E-state index contributed by atoms with van der Waals surface area (Å²) in [5.74, 6) is 0.0367. The first-order chi connectivity index (χ1) is 7.72. The van der Waals surface area contributed by atoms with E-state index in [-0.39, 0.29) is 5.92 Å². The maximum absolute atomic E-state index is 8.20. The van der Waals surface area contributed by atoms with Crippen LogP contribution in [0.1, 0.15) is 45.4 Å². The molecular formula is C12H16N4. The number of hydrogen-bond acceptors (Lipinski definition) is 4. The van der Waals surface area contributed by atoms with Gasteiger partial charge in [-0.05, 0) is 26.2 Å². The van der Waals surface area contributed by atoms with Gasteiger partial charge in [-0.3, -0.25) is 0 Å². The summed E-state index contributed by atoms with van der Waals surface area (Å²) in [6.45, 7) is 1.82. The van der Waals surface area contributed by atoms with Gasteiger partial charge in [0.25, 0.3) is 0 Å². The van der Waals surface area contributed by atoms with Gasteiger partial charge in [0.15, 0.2) is 0 Å². The molecule has 4 heteroatoms. The zero-order valence-electron chi connectivity index (χ0n) is 9.61. The van der Waals surface area contributed by atoms with Gasteiger partial charge in [0.05, 0.1) is 24.3 Å². The van der Waals surface area contributed by atoms with Crippen molar-refractivity contribution in [3.05, 3.63) is 0 Å². The van der Waals surface area contributed by atoms with E-state index in [0.717, 1.165) is 12.8 Å². The molecule has 0 aromatic heterocycles. The van der Waals surface area contributed by atoms with Crippen LogP contribution in [0.3, 0.4) is 0 Å². The van der Waals surface area contributed by atoms with Gasteiger partial charge in [0.2, 0.25) is 0 Å². The number of rotatable bonds is 5. The van der Waals surface area contributed by atoms with Gasteiger partial charge in [-0.25, -0.2) is 0 Å². The van der Waals surface area contributed by atoms with E-state index in [1.54, 1.807) is 0 Å². The first-order valence-electron chi connectivity index (χ1n) is 5.23. The molecular weight excluding hydrogens is 200 g/mol. The highest BCUT2D eigenvalue weighted by atomic mass is 14.3. The van der Waals surface area contributed by atoms with Crippen LogP contribution in [-0.2, 0) is 0 Å². The quantitative estimate of drug-likeness (QED) is 0.660. The predicted molar refractivity (Wildman–Crippen MR) is 59.3 cm³/mol. The molecule has 0 N–H and O–H groups in total. The summed E-state index contributed by atoms with van der Waals surface area (Å²) in [5, 5.41) is 32.3. The van der Waals surface area contributed by atoms with Crippen LogP contribution in [-0.4, -0.2) is 0 Å². The van der Waals surface area contributed by atoms with Gasteiger partial charge in [0, 0.05) is 25.2 Å². The molecule has 0 saturated heterocycles. The molecule has 0 spiro atoms. The number of hydrogen-bond donors (Lipinski definition) is 0. The molecule has 0 aliphatic carbocycles. The third-order valence-electron chi connectivity index (χ3n) is 1.74. The van der Waals surface area contributed by atoms with Gasteiger partial charge in [0.1, 0.15) is 0 Å². The summed E-state index contributed by atoms with van der Waals surface area (Å²) < 4.78 is 0. The summed E-state index contributed by atoms with van der Waals surface area (Å²) >= 11 is 0. The van der Waals surface area contributed by atoms with Gasteiger partial charge in [-0.15, -0.1) is 0 Å². The average Bonchev–Trinajstić information content (AvgIpc) is 2.32. The zero-order chi connectivity index (χ0) is 12.6. The van der Waals surface area contributed by atoms with Crippen molar-refractivity contribution >= 4 is 0 Å². The fraction of sp³-hybridized carbons (Fsp3) is 0.667. The summed E-state index contributed by atoms with van der Waals surface area (Å²) in [6, 6.07) is 8.06. The number of nitriles is 4. The SMILES string of the molecule is CC(C#N)CCC#N.N#CCCCCC#N. The smallest absolute Gasteiger partial charge is 0.0653 e. The van der Waals surface area contributed by atoms with Crippen LogP contribution in [0.5, 0.6) is 0 Å². The van der Waals surface area contributed by atoms with E-state index in [1.165, 1.54) is 0 Å². The van der Waals surface area contributed by atoms with Crippen LogP contribution in [0.15, 0.2) is 0 Å². The molecule has 1 atom stereocenters. The Morgan fingerprint density at radius 2 is 1.25 bits per heavy atom. The molecule has 16 heavy (non-hydrogen) atoms. The Morgan fingerprint density at radius 1 is 0.812 bits per heavy atom. The normalized spacial score (nSPS) is 9.31. The second kappa shape index (κ2) is 15.4. The lowest BCUT2D eigenvalue weighted by Crippen LogP contribution is -1.86. The summed E-state index contributed by atoms with van der Waals surface area (Å²) in [5.41, 5.74) is 0. The molecule has 0 fully saturated rings. The van der Waals surface area contributed by atoms with Crippen LogP contribution in [0.25, 0.3) is 0 Å². The molecule has 0 aromatic carbocycles. The Kier molecular flexibility index (Phi) is 15.8. The molecule has 84 valence electrons. The van der Waals surface area contributed by atoms with Crippen LogP contribution in [0, 0.1) is 51.2 Å². The topological polar surface area (TPSA) is 95.2 Å². The Morgan fingerprint density at radius 3 is 1.56 bits per heavy atom. The Balaban J connectivity index is 0. The monoisotopic (exact) mass is 216 g/mol. The van der Waals surface area contributed by atoms with E-state index in [4.69, 9.17) is 21.0 Å². The first kappa shape index (κ1) is 16.4. The van der Waals surface area contributed by atoms with Gasteiger partial charge >= 0.3 is 0 Å². The molecule has 0 aromatic rings. The molecule has 0 heterocycles. The van der Waals surface area contributed by atoms with Gasteiger partial charge < -0.3 is 0 Å². The standard InChI is InChI=1S/2C6H8N2/c1-6(5-8)3-2-4-7;7-5-3-1-2-4-6-8/h6H,2-3H2,1H3;1-4H2. The minimum atomic E-state index is 0.0367. The van der Waals surface area contributed by atoms with Crippen LogP contribution < -0.4 is 0 Å². The van der Waals surface area contributed by atoms with E-state index in [2.05, 4.69) is 0 Å². The third-order valence-corrected chi connectivity index (χ3v) is 1.74. The van der Waals surface area contributed by atoms with Crippen molar-refractivity contribution in [2.45, 2.75) is 45.4 Å². The van der Waals surface area contributed by atoms with Crippen LogP contribution in [0.2, 0.25) is 0 Å². The zero-order valence-corrected chi connectivity index (χ0v) is 9.61. The maximum Gasteiger partial charge on any atom is 0.0653 e. The Bertz CT molecular complexity index is 292. The lowest BCUT2D eigenvalue weighted by atomic mass is 10.1. The minimum absolute atomic E-state index is 0.0367. The van der Waals surface area contributed by atoms with Crippen molar-refractivity contribution in [3.63, 3.8) is 0 Å². The Hall–Kier alpha value is -2.04. The van der Waals surface area contributed by atoms with Crippen molar-refractivity contribution in [3.8, 4) is 24.3 Å². The Labute approximate surface area is 97.3 Å². The summed E-state index contributed by atoms with van der Waals surface area (Å²) in [6.07, 6.45) is 4.10. The largest absolute Gasteiger partial charge is 0.198 e. The van der Waals surface area contributed by atoms with Crippen LogP contribution in [0.4, 0.5) is 0 Å². The third kappa shape index (κ3) is 17.9. The fourth-order valence-electron chi connectivity index (χ4n) is 0.754. The summed E-state index contributed by atoms with van der Waals surface area (Å²) in [4.78, 5) is 0. The molecule has 0 saturated carbocycles. The lowest BCUT2D eigenvalue weighted by Gasteiger charge is -1.91. The van der Waals surface area contributed by atoms with Crippen molar-refractivity contribution < 1.29 is 0 Å². The number of unbranched alkanes of at least 4 members (excludes halogenated alkanes) is 3. The molecule has 1 unspecified atom stereocenters. The van der Waals surface area contributed by atoms with Crippen molar-refractivity contribution in [2.75, 3.05) is 0 Å². The minimum Gasteiger partial charge on any atom is -0.198 e. The predicted octanol–water partition coefficient (Wildman–Crippen LogP) is 3.04. The lowest BCUT2D eigenvalue weighted by molar-refractivity contribution is 0.675. The highest BCUT2D eigenvalue weighted by Gasteiger charge is 1.95. The summed E-state index contributed by atoms with van der Waals surface area (Å²) in [7, 11) is 0. The van der Waals surface area contributed by atoms with Crippen molar-refractivity contribution in [2.24, 2.45) is 5.92 Å². The highest BCUT2D eigenvalue weighted by molar-refractivity contribution is 4.82. The molecule has 0 aliphatic rings. The van der Waals surface area contributed by atoms with E-state index < -0.39 is 0 Å². The molecule has 0 aliphatic heterocycles. The molecule has 4 nitrogen and oxygen atoms in total. The van der Waals surface area contributed by atoms with E-state index in [0.29, 0.717) is 25.7 Å². The number of nitrogens with zero attached hydrogens (tertiary/aromatic N) is 4. The molecule has 0 amide bonds. The van der Waals surface area contributed by atoms with E-state index >= 15 is 0 Å². The van der Waals surface area contributed by atoms with Crippen molar-refractivity contribution in [1.29, 1.82) is 21.0 Å². The van der Waals surface area contributed by atoms with Gasteiger partial charge in [-0.2, -0.15) is 21.0 Å². The fourth-order valence-corrected chi connectivity index (χ4v) is 0.754. The molecule has 0 rings (SSSR count). The average molecular weight is 216 g/mol. The van der Waals surface area contributed by atoms with Crippen LogP contribution >= 0.6 is 0 Å². The highest BCUT2D eigenvalue weighted by Crippen LogP contribution is 2.00. The second-order valence-electron chi connectivity index (χ2n) is 3.25. The van der Waals surface area contributed by atoms with Gasteiger partial charge in [-0.1, -0.05) is 0 Å². The van der Waals surface area contributed by atoms with E-state index in [9.17, 15) is 0 Å². The van der Waals surface area contributed by atoms with E-state index in [1.807, 2.05) is 31.2 Å². The second-order valence-corrected chi connectivity index (χ2v) is 3.25. The molecule has 0 radical (unpaired) electrons. The maximum atomic E-state index is 8.20. The molecule has 0 bridgehead atoms.